The van der Waals surface area contributed by atoms with Crippen LogP contribution in [0.1, 0.15) is 27.2 Å². The van der Waals surface area contributed by atoms with Crippen LogP contribution in [0, 0.1) is 11.8 Å². The Balaban J connectivity index is 2.59. The van der Waals surface area contributed by atoms with Crippen molar-refractivity contribution in [2.75, 3.05) is 26.3 Å². The zero-order valence-electron chi connectivity index (χ0n) is 10.8. The number of hydrogen-bond acceptors (Lipinski definition) is 4. The molecule has 0 unspecified atom stereocenters. The number of amides is 1. The second-order valence-electron chi connectivity index (χ2n) is 5.72. The Morgan fingerprint density at radius 2 is 1.71 bits per heavy atom. The lowest BCUT2D eigenvalue weighted by atomic mass is 9.90. The zero-order chi connectivity index (χ0) is 13.1. The normalized spacial score (nSPS) is 25.8. The molecule has 1 amide bonds. The third-order valence-electron chi connectivity index (χ3n) is 2.79. The summed E-state index contributed by atoms with van der Waals surface area (Å²) in [6, 6.07) is 0. The fraction of sp³-hybridized carbons (Fsp3) is 0.917. The van der Waals surface area contributed by atoms with Crippen LogP contribution in [0.15, 0.2) is 0 Å². The van der Waals surface area contributed by atoms with Crippen LogP contribution in [0.5, 0.6) is 0 Å². The van der Waals surface area contributed by atoms with Crippen molar-refractivity contribution in [3.63, 3.8) is 0 Å². The Kier molecular flexibility index (Phi) is 4.77. The summed E-state index contributed by atoms with van der Waals surface area (Å²) < 4.78 is 5.29. The summed E-state index contributed by atoms with van der Waals surface area (Å²) in [5.41, 5.74) is -0.516. The van der Waals surface area contributed by atoms with E-state index in [9.17, 15) is 15.0 Å². The molecule has 0 radical (unpaired) electrons. The van der Waals surface area contributed by atoms with Crippen LogP contribution in [0.25, 0.3) is 0 Å². The lowest BCUT2D eigenvalue weighted by Crippen LogP contribution is -2.47. The molecule has 1 aliphatic rings. The van der Waals surface area contributed by atoms with Crippen molar-refractivity contribution in [1.29, 1.82) is 0 Å². The summed E-state index contributed by atoms with van der Waals surface area (Å²) in [6.45, 7) is 6.54. The first kappa shape index (κ1) is 14.3. The molecule has 100 valence electrons. The molecule has 2 atom stereocenters. The van der Waals surface area contributed by atoms with E-state index in [4.69, 9.17) is 4.74 Å². The van der Waals surface area contributed by atoms with Crippen molar-refractivity contribution in [1.82, 2.24) is 4.90 Å². The van der Waals surface area contributed by atoms with Gasteiger partial charge in [0.1, 0.15) is 5.60 Å². The minimum absolute atomic E-state index is 0.0356. The van der Waals surface area contributed by atoms with E-state index in [1.54, 1.807) is 4.90 Å². The Morgan fingerprint density at radius 3 is 2.06 bits per heavy atom. The molecule has 2 N–H and O–H groups in total. The first-order valence-electron chi connectivity index (χ1n) is 6.05. The summed E-state index contributed by atoms with van der Waals surface area (Å²) in [5, 5.41) is 18.4. The van der Waals surface area contributed by atoms with Gasteiger partial charge in [-0.05, 0) is 27.2 Å². The number of aliphatic hydroxyl groups excluding tert-OH is 2. The van der Waals surface area contributed by atoms with Gasteiger partial charge in [0.05, 0.1) is 0 Å². The number of aliphatic hydroxyl groups is 2. The smallest absolute Gasteiger partial charge is 0.410 e. The highest BCUT2D eigenvalue weighted by Crippen LogP contribution is 2.23. The third kappa shape index (κ3) is 4.52. The van der Waals surface area contributed by atoms with E-state index in [0.717, 1.165) is 6.42 Å². The maximum atomic E-state index is 11.9. The molecule has 1 rings (SSSR count). The predicted octanol–water partition coefficient (Wildman–Crippen LogP) is 0.844. The van der Waals surface area contributed by atoms with Crippen molar-refractivity contribution >= 4 is 6.09 Å². The molecule has 0 aromatic carbocycles. The summed E-state index contributed by atoms with van der Waals surface area (Å²) in [4.78, 5) is 13.5. The minimum Gasteiger partial charge on any atom is -0.444 e. The van der Waals surface area contributed by atoms with Crippen LogP contribution in [0.2, 0.25) is 0 Å². The highest BCUT2D eigenvalue weighted by atomic mass is 16.6. The van der Waals surface area contributed by atoms with Gasteiger partial charge in [-0.1, -0.05) is 0 Å². The molecule has 0 aliphatic carbocycles. The van der Waals surface area contributed by atoms with E-state index in [2.05, 4.69) is 0 Å². The summed E-state index contributed by atoms with van der Waals surface area (Å²) in [5.74, 6) is 0.0711. The van der Waals surface area contributed by atoms with Crippen LogP contribution in [-0.2, 0) is 4.74 Å². The lowest BCUT2D eigenvalue weighted by molar-refractivity contribution is -0.000440. The number of hydrogen-bond donors (Lipinski definition) is 2. The molecule has 5 heteroatoms. The molecule has 0 bridgehead atoms. The van der Waals surface area contributed by atoms with Crippen LogP contribution >= 0.6 is 0 Å². The van der Waals surface area contributed by atoms with Gasteiger partial charge in [0.2, 0.25) is 0 Å². The lowest BCUT2D eigenvalue weighted by Gasteiger charge is -2.37. The van der Waals surface area contributed by atoms with Gasteiger partial charge in [-0.2, -0.15) is 0 Å². The molecule has 1 saturated heterocycles. The Labute approximate surface area is 102 Å². The van der Waals surface area contributed by atoms with Gasteiger partial charge in [-0.15, -0.1) is 0 Å². The van der Waals surface area contributed by atoms with E-state index in [1.807, 2.05) is 20.8 Å². The molecule has 1 heterocycles. The Morgan fingerprint density at radius 1 is 1.24 bits per heavy atom. The third-order valence-corrected chi connectivity index (χ3v) is 2.79. The maximum absolute atomic E-state index is 11.9. The monoisotopic (exact) mass is 245 g/mol. The molecule has 0 aromatic rings. The standard InChI is InChI=1S/C12H23NO4/c1-12(2,3)17-11(16)13-5-9(7-14)4-10(6-13)8-15/h9-10,14-15H,4-8H2,1-3H3/t9-,10-/m0/s1. The topological polar surface area (TPSA) is 70.0 Å². The number of piperidine rings is 1. The number of carbonyl (C=O) groups excluding carboxylic acids is 1. The van der Waals surface area contributed by atoms with Gasteiger partial charge in [-0.3, -0.25) is 0 Å². The van der Waals surface area contributed by atoms with Crippen molar-refractivity contribution in [3.05, 3.63) is 0 Å². The molecule has 1 aliphatic heterocycles. The molecule has 5 nitrogen and oxygen atoms in total. The highest BCUT2D eigenvalue weighted by Gasteiger charge is 2.31. The molecule has 0 aromatic heterocycles. The van der Waals surface area contributed by atoms with Crippen LogP contribution < -0.4 is 0 Å². The number of nitrogens with zero attached hydrogens (tertiary/aromatic N) is 1. The maximum Gasteiger partial charge on any atom is 0.410 e. The van der Waals surface area contributed by atoms with Gasteiger partial charge in [-0.25, -0.2) is 4.79 Å². The van der Waals surface area contributed by atoms with Crippen molar-refractivity contribution in [2.45, 2.75) is 32.8 Å². The highest BCUT2D eigenvalue weighted by molar-refractivity contribution is 5.68. The second-order valence-corrected chi connectivity index (χ2v) is 5.72. The van der Waals surface area contributed by atoms with Gasteiger partial charge in [0.15, 0.2) is 0 Å². The van der Waals surface area contributed by atoms with E-state index in [1.165, 1.54) is 0 Å². The number of ether oxygens (including phenoxy) is 1. The number of rotatable bonds is 2. The Bertz CT molecular complexity index is 250. The van der Waals surface area contributed by atoms with Crippen LogP contribution in [-0.4, -0.2) is 53.1 Å². The van der Waals surface area contributed by atoms with E-state index >= 15 is 0 Å². The van der Waals surface area contributed by atoms with Crippen LogP contribution in [0.3, 0.4) is 0 Å². The zero-order valence-corrected chi connectivity index (χ0v) is 10.8. The second kappa shape index (κ2) is 5.69. The van der Waals surface area contributed by atoms with E-state index < -0.39 is 5.60 Å². The average molecular weight is 245 g/mol. The fourth-order valence-electron chi connectivity index (χ4n) is 2.06. The van der Waals surface area contributed by atoms with Gasteiger partial charge in [0, 0.05) is 38.1 Å². The largest absolute Gasteiger partial charge is 0.444 e. The fourth-order valence-corrected chi connectivity index (χ4v) is 2.06. The summed E-state index contributed by atoms with van der Waals surface area (Å²) >= 11 is 0. The quantitative estimate of drug-likeness (QED) is 0.756. The van der Waals surface area contributed by atoms with E-state index in [-0.39, 0.29) is 31.1 Å². The van der Waals surface area contributed by atoms with Gasteiger partial charge < -0.3 is 19.8 Å². The average Bonchev–Trinajstić information content (AvgIpc) is 2.26. The number of likely N-dealkylation sites (tertiary alicyclic amines) is 1. The first-order valence-corrected chi connectivity index (χ1v) is 6.05. The molecule has 0 saturated carbocycles. The van der Waals surface area contributed by atoms with Crippen molar-refractivity contribution in [2.24, 2.45) is 11.8 Å². The molecule has 0 spiro atoms. The van der Waals surface area contributed by atoms with Crippen LogP contribution in [0.4, 0.5) is 4.79 Å². The van der Waals surface area contributed by atoms with Gasteiger partial charge in [0.25, 0.3) is 0 Å². The first-order chi connectivity index (χ1) is 7.85. The van der Waals surface area contributed by atoms with Crippen molar-refractivity contribution in [3.8, 4) is 0 Å². The predicted molar refractivity (Wildman–Crippen MR) is 63.6 cm³/mol. The number of carbonyl (C=O) groups is 1. The molecule has 17 heavy (non-hydrogen) atoms. The van der Waals surface area contributed by atoms with E-state index in [0.29, 0.717) is 13.1 Å². The van der Waals surface area contributed by atoms with Crippen molar-refractivity contribution < 1.29 is 19.7 Å². The summed E-state index contributed by atoms with van der Waals surface area (Å²) in [6.07, 6.45) is 0.390. The molecular formula is C12H23NO4. The Hall–Kier alpha value is -0.810. The summed E-state index contributed by atoms with van der Waals surface area (Å²) in [7, 11) is 0. The minimum atomic E-state index is -0.516. The molecular weight excluding hydrogens is 222 g/mol. The molecule has 1 fully saturated rings. The van der Waals surface area contributed by atoms with Gasteiger partial charge >= 0.3 is 6.09 Å². The SMILES string of the molecule is CC(C)(C)OC(=O)N1C[C@@H](CO)C[C@H](CO)C1.